The SMILES string of the molecule is CCc1c(C)[nH]c(COCC(F)(F)F)nc1=S. The second kappa shape index (κ2) is 5.59. The van der Waals surface area contributed by atoms with Crippen LogP contribution in [0.2, 0.25) is 0 Å². The molecule has 0 aliphatic heterocycles. The van der Waals surface area contributed by atoms with Crippen molar-refractivity contribution in [3.63, 3.8) is 0 Å². The van der Waals surface area contributed by atoms with E-state index in [1.807, 2.05) is 13.8 Å². The van der Waals surface area contributed by atoms with Crippen LogP contribution in [0.1, 0.15) is 24.0 Å². The highest BCUT2D eigenvalue weighted by Crippen LogP contribution is 2.15. The monoisotopic (exact) mass is 266 g/mol. The summed E-state index contributed by atoms with van der Waals surface area (Å²) >= 11 is 5.04. The van der Waals surface area contributed by atoms with Gasteiger partial charge in [-0.3, -0.25) is 0 Å². The van der Waals surface area contributed by atoms with Crippen molar-refractivity contribution in [3.05, 3.63) is 21.7 Å². The lowest BCUT2D eigenvalue weighted by Crippen LogP contribution is -2.17. The first-order valence-electron chi connectivity index (χ1n) is 5.06. The highest BCUT2D eigenvalue weighted by atomic mass is 32.1. The first-order valence-corrected chi connectivity index (χ1v) is 5.47. The quantitative estimate of drug-likeness (QED) is 0.851. The molecular weight excluding hydrogens is 253 g/mol. The molecule has 0 aromatic carbocycles. The van der Waals surface area contributed by atoms with Crippen LogP contribution in [0.25, 0.3) is 0 Å². The molecule has 0 aliphatic rings. The van der Waals surface area contributed by atoms with E-state index < -0.39 is 12.8 Å². The molecule has 0 bridgehead atoms. The number of aromatic nitrogens is 2. The Bertz CT molecular complexity index is 442. The van der Waals surface area contributed by atoms with E-state index in [9.17, 15) is 13.2 Å². The number of hydrogen-bond acceptors (Lipinski definition) is 3. The van der Waals surface area contributed by atoms with Crippen molar-refractivity contribution in [2.75, 3.05) is 6.61 Å². The Balaban J connectivity index is 2.71. The average Bonchev–Trinajstić information content (AvgIpc) is 2.15. The summed E-state index contributed by atoms with van der Waals surface area (Å²) in [7, 11) is 0. The maximum atomic E-state index is 11.9. The predicted octanol–water partition coefficient (Wildman–Crippen LogP) is 3.09. The van der Waals surface area contributed by atoms with Gasteiger partial charge in [0.2, 0.25) is 0 Å². The Morgan fingerprint density at radius 3 is 2.53 bits per heavy atom. The first-order chi connectivity index (χ1) is 7.83. The van der Waals surface area contributed by atoms with Gasteiger partial charge < -0.3 is 9.72 Å². The highest BCUT2D eigenvalue weighted by molar-refractivity contribution is 7.71. The summed E-state index contributed by atoms with van der Waals surface area (Å²) in [6.45, 7) is 2.23. The lowest BCUT2D eigenvalue weighted by atomic mass is 10.2. The van der Waals surface area contributed by atoms with Gasteiger partial charge >= 0.3 is 6.18 Å². The molecule has 0 aliphatic carbocycles. The molecule has 0 unspecified atom stereocenters. The second-order valence-corrected chi connectivity index (χ2v) is 3.94. The summed E-state index contributed by atoms with van der Waals surface area (Å²) in [6, 6.07) is 0. The zero-order chi connectivity index (χ0) is 13.1. The zero-order valence-electron chi connectivity index (χ0n) is 9.52. The van der Waals surface area contributed by atoms with Crippen LogP contribution in [-0.2, 0) is 17.8 Å². The van der Waals surface area contributed by atoms with E-state index >= 15 is 0 Å². The number of H-pyrrole nitrogens is 1. The molecule has 0 amide bonds. The number of ether oxygens (including phenoxy) is 1. The van der Waals surface area contributed by atoms with Crippen molar-refractivity contribution in [1.82, 2.24) is 9.97 Å². The molecule has 3 nitrogen and oxygen atoms in total. The van der Waals surface area contributed by atoms with Crippen molar-refractivity contribution in [1.29, 1.82) is 0 Å². The van der Waals surface area contributed by atoms with Crippen LogP contribution in [-0.4, -0.2) is 22.8 Å². The molecule has 96 valence electrons. The third-order valence-corrected chi connectivity index (χ3v) is 2.47. The van der Waals surface area contributed by atoms with Crippen molar-refractivity contribution in [2.45, 2.75) is 33.1 Å². The van der Waals surface area contributed by atoms with E-state index in [-0.39, 0.29) is 6.61 Å². The van der Waals surface area contributed by atoms with Crippen LogP contribution in [0.5, 0.6) is 0 Å². The number of alkyl halides is 3. The van der Waals surface area contributed by atoms with Gasteiger partial charge in [0.1, 0.15) is 23.7 Å². The number of nitrogens with zero attached hydrogens (tertiary/aromatic N) is 1. The molecule has 17 heavy (non-hydrogen) atoms. The first kappa shape index (κ1) is 14.1. The lowest BCUT2D eigenvalue weighted by molar-refractivity contribution is -0.177. The zero-order valence-corrected chi connectivity index (χ0v) is 10.3. The second-order valence-electron chi connectivity index (χ2n) is 3.55. The van der Waals surface area contributed by atoms with E-state index in [1.165, 1.54) is 0 Å². The molecule has 1 aromatic rings. The van der Waals surface area contributed by atoms with E-state index in [4.69, 9.17) is 12.2 Å². The normalized spacial score (nSPS) is 11.8. The van der Waals surface area contributed by atoms with Crippen LogP contribution in [0.3, 0.4) is 0 Å². The molecule has 0 saturated carbocycles. The number of aryl methyl sites for hydroxylation is 1. The fourth-order valence-electron chi connectivity index (χ4n) is 1.42. The fourth-order valence-corrected chi connectivity index (χ4v) is 1.83. The van der Waals surface area contributed by atoms with Gasteiger partial charge in [-0.1, -0.05) is 19.1 Å². The number of aromatic amines is 1. The third-order valence-electron chi connectivity index (χ3n) is 2.14. The summed E-state index contributed by atoms with van der Waals surface area (Å²) in [5, 5.41) is 0. The molecule has 1 aromatic heterocycles. The van der Waals surface area contributed by atoms with E-state index in [0.29, 0.717) is 10.5 Å². The number of rotatable bonds is 4. The molecule has 0 spiro atoms. The minimum atomic E-state index is -4.32. The number of halogens is 3. The molecule has 1 heterocycles. The predicted molar refractivity (Wildman–Crippen MR) is 59.2 cm³/mol. The van der Waals surface area contributed by atoms with Crippen LogP contribution in [0, 0.1) is 11.6 Å². The Hall–Kier alpha value is -0.950. The van der Waals surface area contributed by atoms with Crippen molar-refractivity contribution < 1.29 is 17.9 Å². The molecule has 0 fully saturated rings. The summed E-state index contributed by atoms with van der Waals surface area (Å²) in [5.74, 6) is 0.314. The maximum absolute atomic E-state index is 11.9. The van der Waals surface area contributed by atoms with Gasteiger partial charge in [-0.15, -0.1) is 0 Å². The van der Waals surface area contributed by atoms with Gasteiger partial charge in [0.25, 0.3) is 0 Å². The average molecular weight is 266 g/mol. The fraction of sp³-hybridized carbons (Fsp3) is 0.600. The van der Waals surface area contributed by atoms with Gasteiger partial charge in [-0.05, 0) is 13.3 Å². The summed E-state index contributed by atoms with van der Waals surface area (Å²) in [6.07, 6.45) is -3.59. The smallest absolute Gasteiger partial charge is 0.364 e. The molecule has 0 saturated heterocycles. The van der Waals surface area contributed by atoms with Gasteiger partial charge in [-0.2, -0.15) is 13.2 Å². The van der Waals surface area contributed by atoms with Crippen LogP contribution >= 0.6 is 12.2 Å². The van der Waals surface area contributed by atoms with E-state index in [0.717, 1.165) is 17.7 Å². The minimum absolute atomic E-state index is 0.228. The van der Waals surface area contributed by atoms with Crippen LogP contribution < -0.4 is 0 Å². The van der Waals surface area contributed by atoms with Gasteiger partial charge in [0.05, 0.1) is 0 Å². The molecule has 1 N–H and O–H groups in total. The third kappa shape index (κ3) is 4.43. The molecule has 0 atom stereocenters. The highest BCUT2D eigenvalue weighted by Gasteiger charge is 2.27. The summed E-state index contributed by atoms with van der Waals surface area (Å²) in [5.41, 5.74) is 1.72. The largest absolute Gasteiger partial charge is 0.411 e. The summed E-state index contributed by atoms with van der Waals surface area (Å²) in [4.78, 5) is 6.88. The Kier molecular flexibility index (Phi) is 4.64. The van der Waals surface area contributed by atoms with Crippen molar-refractivity contribution in [2.24, 2.45) is 0 Å². The Labute approximate surface area is 102 Å². The van der Waals surface area contributed by atoms with Gasteiger partial charge in [0, 0.05) is 11.3 Å². The Morgan fingerprint density at radius 1 is 1.41 bits per heavy atom. The molecule has 1 rings (SSSR count). The lowest BCUT2D eigenvalue weighted by Gasteiger charge is -2.09. The van der Waals surface area contributed by atoms with Gasteiger partial charge in [0.15, 0.2) is 0 Å². The van der Waals surface area contributed by atoms with E-state index in [1.54, 1.807) is 0 Å². The van der Waals surface area contributed by atoms with Crippen LogP contribution in [0.4, 0.5) is 13.2 Å². The topological polar surface area (TPSA) is 37.9 Å². The maximum Gasteiger partial charge on any atom is 0.411 e. The molecular formula is C10H13F3N2OS. The van der Waals surface area contributed by atoms with Crippen molar-refractivity contribution in [3.8, 4) is 0 Å². The summed E-state index contributed by atoms with van der Waals surface area (Å²) < 4.78 is 40.5. The number of nitrogens with one attached hydrogen (secondary N) is 1. The molecule has 7 heteroatoms. The van der Waals surface area contributed by atoms with Crippen molar-refractivity contribution >= 4 is 12.2 Å². The number of hydrogen-bond donors (Lipinski definition) is 1. The van der Waals surface area contributed by atoms with Crippen LogP contribution in [0.15, 0.2) is 0 Å². The van der Waals surface area contributed by atoms with Gasteiger partial charge in [-0.25, -0.2) is 4.98 Å². The standard InChI is InChI=1S/C10H13F3N2OS/c1-3-7-6(2)14-8(15-9(7)17)4-16-5-10(11,12)13/h3-5H2,1-2H3,(H,14,15,17). The minimum Gasteiger partial charge on any atom is -0.364 e. The molecule has 0 radical (unpaired) electrons. The van der Waals surface area contributed by atoms with E-state index in [2.05, 4.69) is 14.7 Å². The Morgan fingerprint density at radius 2 is 2.06 bits per heavy atom.